The molecule has 2 heterocycles. The summed E-state index contributed by atoms with van der Waals surface area (Å²) in [7, 11) is 1.65. The Morgan fingerprint density at radius 3 is 2.79 bits per heavy atom. The highest BCUT2D eigenvalue weighted by Crippen LogP contribution is 2.31. The zero-order valence-corrected chi connectivity index (χ0v) is 11.8. The predicted octanol–water partition coefficient (Wildman–Crippen LogP) is 3.67. The fourth-order valence-corrected chi connectivity index (χ4v) is 2.89. The van der Waals surface area contributed by atoms with Gasteiger partial charge >= 0.3 is 0 Å². The minimum absolute atomic E-state index is 0.577. The first-order valence-corrected chi connectivity index (χ1v) is 6.94. The number of hydrogen-bond acceptors (Lipinski definition) is 4. The van der Waals surface area contributed by atoms with E-state index in [-0.39, 0.29) is 0 Å². The van der Waals surface area contributed by atoms with E-state index in [1.807, 2.05) is 46.3 Å². The summed E-state index contributed by atoms with van der Waals surface area (Å²) < 4.78 is 7.70. The molecule has 0 saturated carbocycles. The van der Waals surface area contributed by atoms with Crippen molar-refractivity contribution in [3.63, 3.8) is 0 Å². The van der Waals surface area contributed by atoms with Crippen LogP contribution in [0.1, 0.15) is 0 Å². The number of hydrogen-bond donors (Lipinski definition) is 1. The van der Waals surface area contributed by atoms with Crippen molar-refractivity contribution in [1.82, 2.24) is 14.8 Å². The molecule has 3 aromatic rings. The number of benzene rings is 1. The number of thiophene rings is 1. The predicted molar refractivity (Wildman–Crippen MR) is 78.6 cm³/mol. The molecule has 0 spiro atoms. The van der Waals surface area contributed by atoms with Gasteiger partial charge in [-0.25, -0.2) is 0 Å². The molecule has 96 valence electrons. The molecule has 0 radical (unpaired) electrons. The number of nitrogens with one attached hydrogen (secondary N) is 1. The lowest BCUT2D eigenvalue weighted by Crippen LogP contribution is -1.96. The summed E-state index contributed by atoms with van der Waals surface area (Å²) in [5.74, 6) is 1.62. The quantitative estimate of drug-likeness (QED) is 0.748. The Balaban J connectivity index is 2.16. The molecule has 0 bridgehead atoms. The Morgan fingerprint density at radius 1 is 1.32 bits per heavy atom. The monoisotopic (exact) mass is 289 g/mol. The van der Waals surface area contributed by atoms with E-state index in [0.29, 0.717) is 4.77 Å². The van der Waals surface area contributed by atoms with E-state index < -0.39 is 0 Å². The first-order chi connectivity index (χ1) is 9.29. The number of aromatic amines is 1. The zero-order chi connectivity index (χ0) is 13.2. The second kappa shape index (κ2) is 4.99. The molecule has 1 aromatic carbocycles. The van der Waals surface area contributed by atoms with Gasteiger partial charge in [0.1, 0.15) is 5.75 Å². The Morgan fingerprint density at radius 2 is 2.11 bits per heavy atom. The van der Waals surface area contributed by atoms with Crippen molar-refractivity contribution in [2.75, 3.05) is 7.11 Å². The highest BCUT2D eigenvalue weighted by molar-refractivity contribution is 7.71. The van der Waals surface area contributed by atoms with E-state index >= 15 is 0 Å². The van der Waals surface area contributed by atoms with Crippen LogP contribution in [0, 0.1) is 4.77 Å². The van der Waals surface area contributed by atoms with Gasteiger partial charge in [-0.15, -0.1) is 11.3 Å². The van der Waals surface area contributed by atoms with Gasteiger partial charge in [-0.3, -0.25) is 9.67 Å². The van der Waals surface area contributed by atoms with Crippen LogP contribution >= 0.6 is 23.6 Å². The number of ether oxygens (including phenoxy) is 1. The maximum Gasteiger partial charge on any atom is 0.200 e. The van der Waals surface area contributed by atoms with E-state index in [2.05, 4.69) is 10.2 Å². The van der Waals surface area contributed by atoms with Gasteiger partial charge in [-0.1, -0.05) is 18.2 Å². The lowest BCUT2D eigenvalue weighted by atomic mass is 10.3. The SMILES string of the molecule is COc1csc(-c2n[nH]c(=S)n2-c2ccccc2)c1. The molecule has 4 nitrogen and oxygen atoms in total. The molecule has 2 aromatic heterocycles. The van der Waals surface area contributed by atoms with Crippen LogP contribution in [0.2, 0.25) is 0 Å². The Kier molecular flexibility index (Phi) is 3.18. The molecule has 0 saturated heterocycles. The van der Waals surface area contributed by atoms with Crippen molar-refractivity contribution in [2.45, 2.75) is 0 Å². The Hall–Kier alpha value is -1.92. The number of para-hydroxylation sites is 1. The van der Waals surface area contributed by atoms with Gasteiger partial charge in [0.25, 0.3) is 0 Å². The third-order valence-corrected chi connectivity index (χ3v) is 3.90. The minimum atomic E-state index is 0.577. The summed E-state index contributed by atoms with van der Waals surface area (Å²) in [6, 6.07) is 11.9. The van der Waals surface area contributed by atoms with Gasteiger partial charge in [0.2, 0.25) is 0 Å². The number of H-pyrrole nitrogens is 1. The lowest BCUT2D eigenvalue weighted by molar-refractivity contribution is 0.417. The van der Waals surface area contributed by atoms with Gasteiger partial charge in [-0.05, 0) is 24.4 Å². The fraction of sp³-hybridized carbons (Fsp3) is 0.0769. The molecular formula is C13H11N3OS2. The van der Waals surface area contributed by atoms with Gasteiger partial charge in [0, 0.05) is 17.1 Å². The zero-order valence-electron chi connectivity index (χ0n) is 10.2. The Bertz CT molecular complexity index is 743. The van der Waals surface area contributed by atoms with E-state index in [1.165, 1.54) is 0 Å². The molecule has 0 aliphatic heterocycles. The molecule has 3 rings (SSSR count). The fourth-order valence-electron chi connectivity index (χ4n) is 1.82. The van der Waals surface area contributed by atoms with Crippen LogP contribution in [0.25, 0.3) is 16.4 Å². The van der Waals surface area contributed by atoms with Crippen LogP contribution in [0.15, 0.2) is 41.8 Å². The number of nitrogens with zero attached hydrogens (tertiary/aromatic N) is 2. The van der Waals surface area contributed by atoms with Crippen LogP contribution in [0.4, 0.5) is 0 Å². The molecule has 0 aliphatic carbocycles. The molecule has 0 atom stereocenters. The number of aromatic nitrogens is 3. The molecule has 0 amide bonds. The first-order valence-electron chi connectivity index (χ1n) is 5.65. The highest BCUT2D eigenvalue weighted by Gasteiger charge is 2.12. The maximum atomic E-state index is 5.31. The van der Waals surface area contributed by atoms with Crippen molar-refractivity contribution >= 4 is 23.6 Å². The topological polar surface area (TPSA) is 42.8 Å². The van der Waals surface area contributed by atoms with Crippen LogP contribution in [-0.4, -0.2) is 21.9 Å². The van der Waals surface area contributed by atoms with Crippen molar-refractivity contribution in [1.29, 1.82) is 0 Å². The standard InChI is InChI=1S/C13H11N3OS2/c1-17-10-7-11(19-8-10)12-14-15-13(18)16(12)9-5-3-2-4-6-9/h2-8H,1H3,(H,15,18). The highest BCUT2D eigenvalue weighted by atomic mass is 32.1. The molecular weight excluding hydrogens is 278 g/mol. The molecule has 1 N–H and O–H groups in total. The Labute approximate surface area is 119 Å². The van der Waals surface area contributed by atoms with Crippen LogP contribution < -0.4 is 4.74 Å². The second-order valence-corrected chi connectivity index (χ2v) is 5.17. The summed E-state index contributed by atoms with van der Waals surface area (Å²) >= 11 is 6.88. The van der Waals surface area contributed by atoms with Crippen molar-refractivity contribution in [3.05, 3.63) is 46.5 Å². The normalized spacial score (nSPS) is 10.6. The maximum absolute atomic E-state index is 5.31. The smallest absolute Gasteiger partial charge is 0.200 e. The van der Waals surface area contributed by atoms with E-state index in [4.69, 9.17) is 17.0 Å². The summed E-state index contributed by atoms with van der Waals surface area (Å²) in [5.41, 5.74) is 0.989. The number of methoxy groups -OCH3 is 1. The molecule has 0 aliphatic rings. The second-order valence-electron chi connectivity index (χ2n) is 3.87. The average Bonchev–Trinajstić information content (AvgIpc) is 3.05. The molecule has 0 unspecified atom stereocenters. The summed E-state index contributed by atoms with van der Waals surface area (Å²) in [6.07, 6.45) is 0. The van der Waals surface area contributed by atoms with E-state index in [0.717, 1.165) is 22.1 Å². The van der Waals surface area contributed by atoms with Crippen LogP contribution in [0.5, 0.6) is 5.75 Å². The summed E-state index contributed by atoms with van der Waals surface area (Å²) in [5, 5.41) is 9.10. The van der Waals surface area contributed by atoms with Gasteiger partial charge < -0.3 is 4.74 Å². The van der Waals surface area contributed by atoms with Crippen molar-refractivity contribution in [3.8, 4) is 22.1 Å². The molecule has 0 fully saturated rings. The summed E-state index contributed by atoms with van der Waals surface area (Å²) in [4.78, 5) is 1.01. The third kappa shape index (κ3) is 2.20. The van der Waals surface area contributed by atoms with Crippen LogP contribution in [-0.2, 0) is 0 Å². The van der Waals surface area contributed by atoms with Crippen molar-refractivity contribution in [2.24, 2.45) is 0 Å². The van der Waals surface area contributed by atoms with Crippen molar-refractivity contribution < 1.29 is 4.74 Å². The van der Waals surface area contributed by atoms with Gasteiger partial charge in [0.15, 0.2) is 10.6 Å². The third-order valence-electron chi connectivity index (χ3n) is 2.72. The van der Waals surface area contributed by atoms with Crippen LogP contribution in [0.3, 0.4) is 0 Å². The van der Waals surface area contributed by atoms with E-state index in [1.54, 1.807) is 18.4 Å². The molecule has 19 heavy (non-hydrogen) atoms. The van der Waals surface area contributed by atoms with Gasteiger partial charge in [-0.2, -0.15) is 5.10 Å². The minimum Gasteiger partial charge on any atom is -0.496 e. The van der Waals surface area contributed by atoms with E-state index in [9.17, 15) is 0 Å². The lowest BCUT2D eigenvalue weighted by Gasteiger charge is -2.04. The van der Waals surface area contributed by atoms with Gasteiger partial charge in [0.05, 0.1) is 12.0 Å². The number of rotatable bonds is 3. The first kappa shape index (κ1) is 12.1. The largest absolute Gasteiger partial charge is 0.496 e. The average molecular weight is 289 g/mol. The summed E-state index contributed by atoms with van der Waals surface area (Å²) in [6.45, 7) is 0. The molecule has 6 heteroatoms.